The van der Waals surface area contributed by atoms with Gasteiger partial charge in [0.25, 0.3) is 0 Å². The smallest absolute Gasteiger partial charge is 0.243 e. The minimum atomic E-state index is -0.709. The lowest BCUT2D eigenvalue weighted by molar-refractivity contribution is -0.113. The van der Waals surface area contributed by atoms with Crippen molar-refractivity contribution in [3.05, 3.63) is 45.7 Å². The van der Waals surface area contributed by atoms with Crippen LogP contribution >= 0.6 is 35.0 Å². The van der Waals surface area contributed by atoms with Crippen LogP contribution < -0.4 is 11.5 Å². The van der Waals surface area contributed by atoms with E-state index in [1.807, 2.05) is 0 Å². The molecule has 0 atom stereocenters. The van der Waals surface area contributed by atoms with Crippen molar-refractivity contribution in [3.8, 4) is 11.3 Å². The van der Waals surface area contributed by atoms with Gasteiger partial charge in [0.15, 0.2) is 12.1 Å². The molecule has 1 heterocycles. The molecule has 0 bridgehead atoms. The van der Waals surface area contributed by atoms with Crippen LogP contribution in [0.25, 0.3) is 17.0 Å². The molecule has 1 amide bonds. The summed E-state index contributed by atoms with van der Waals surface area (Å²) in [6.07, 6.45) is 3.36. The van der Waals surface area contributed by atoms with Crippen LogP contribution in [0.4, 0.5) is 0 Å². The largest absolute Gasteiger partial charge is 0.398 e. The van der Waals surface area contributed by atoms with Gasteiger partial charge in [0.2, 0.25) is 5.91 Å². The quantitative estimate of drug-likeness (QED) is 0.355. The highest BCUT2D eigenvalue weighted by Gasteiger charge is 2.19. The van der Waals surface area contributed by atoms with E-state index in [1.165, 1.54) is 11.8 Å². The Labute approximate surface area is 152 Å². The zero-order valence-electron chi connectivity index (χ0n) is 12.4. The Kier molecular flexibility index (Phi) is 5.82. The van der Waals surface area contributed by atoms with Gasteiger partial charge in [-0.3, -0.25) is 9.59 Å². The molecular formula is C15H12Cl2N4O2S. The van der Waals surface area contributed by atoms with Crippen molar-refractivity contribution in [1.29, 1.82) is 0 Å². The van der Waals surface area contributed by atoms with Crippen LogP contribution in [0.2, 0.25) is 10.0 Å². The topological polar surface area (TPSA) is 112 Å². The summed E-state index contributed by atoms with van der Waals surface area (Å²) >= 11 is 13.2. The second-order valence-corrected chi connectivity index (χ2v) is 6.17. The van der Waals surface area contributed by atoms with Crippen LogP contribution in [-0.2, 0) is 4.79 Å². The molecular weight excluding hydrogens is 371 g/mol. The first-order valence-electron chi connectivity index (χ1n) is 6.51. The number of nitrogens with zero attached hydrogens (tertiary/aromatic N) is 2. The number of rotatable bonds is 5. The van der Waals surface area contributed by atoms with E-state index in [2.05, 4.69) is 9.97 Å². The summed E-state index contributed by atoms with van der Waals surface area (Å²) < 4.78 is 0. The Bertz CT molecular complexity index is 856. The van der Waals surface area contributed by atoms with E-state index in [4.69, 9.17) is 34.7 Å². The van der Waals surface area contributed by atoms with Crippen molar-refractivity contribution in [1.82, 2.24) is 9.97 Å². The second kappa shape index (κ2) is 7.65. The average molecular weight is 383 g/mol. The number of aromatic nitrogens is 2. The van der Waals surface area contributed by atoms with E-state index < -0.39 is 5.91 Å². The minimum absolute atomic E-state index is 0.0175. The maximum Gasteiger partial charge on any atom is 0.243 e. The van der Waals surface area contributed by atoms with Crippen molar-refractivity contribution in [2.24, 2.45) is 11.5 Å². The molecule has 0 fully saturated rings. The summed E-state index contributed by atoms with van der Waals surface area (Å²) in [4.78, 5) is 30.6. The molecule has 0 saturated heterocycles. The SMILES string of the molecule is CSc1nc(C=O)nc(-c2ccc(Cl)c(Cl)c2)c1/C(N)=C/C(N)=O. The highest BCUT2D eigenvalue weighted by molar-refractivity contribution is 7.98. The van der Waals surface area contributed by atoms with Gasteiger partial charge in [0.1, 0.15) is 5.03 Å². The number of carbonyl (C=O) groups is 2. The van der Waals surface area contributed by atoms with Crippen LogP contribution in [0.3, 0.4) is 0 Å². The maximum absolute atomic E-state index is 11.2. The first kappa shape index (κ1) is 18.3. The summed E-state index contributed by atoms with van der Waals surface area (Å²) in [5.41, 5.74) is 12.6. The molecule has 0 saturated carbocycles. The third-order valence-corrected chi connectivity index (χ3v) is 4.39. The van der Waals surface area contributed by atoms with Gasteiger partial charge < -0.3 is 11.5 Å². The Hall–Kier alpha value is -2.09. The zero-order valence-corrected chi connectivity index (χ0v) is 14.7. The number of aldehydes is 1. The van der Waals surface area contributed by atoms with E-state index in [-0.39, 0.29) is 11.5 Å². The predicted octanol–water partition coefficient (Wildman–Crippen LogP) is 2.77. The monoisotopic (exact) mass is 382 g/mol. The molecule has 1 aromatic heterocycles. The van der Waals surface area contributed by atoms with Crippen LogP contribution in [0, 0.1) is 0 Å². The summed E-state index contributed by atoms with van der Waals surface area (Å²) in [5.74, 6) is -0.727. The standard InChI is InChI=1S/C15H12Cl2N4O2S/c1-24-15-13(10(18)5-11(19)23)14(20-12(6-22)21-15)7-2-3-8(16)9(17)4-7/h2-6H,18H2,1H3,(H2,19,23)/b10-5-. The van der Waals surface area contributed by atoms with Gasteiger partial charge in [0.05, 0.1) is 21.3 Å². The fourth-order valence-corrected chi connectivity index (χ4v) is 2.90. The third kappa shape index (κ3) is 3.87. The lowest BCUT2D eigenvalue weighted by Gasteiger charge is -2.14. The Morgan fingerprint density at radius 2 is 1.92 bits per heavy atom. The number of carbonyl (C=O) groups excluding carboxylic acids is 2. The van der Waals surface area contributed by atoms with Gasteiger partial charge in [-0.1, -0.05) is 29.3 Å². The lowest BCUT2D eigenvalue weighted by Crippen LogP contribution is -2.13. The van der Waals surface area contributed by atoms with Crippen LogP contribution in [-0.4, -0.2) is 28.4 Å². The number of amides is 1. The maximum atomic E-state index is 11.2. The fraction of sp³-hybridized carbons (Fsp3) is 0.0667. The fourth-order valence-electron chi connectivity index (χ4n) is 2.00. The van der Waals surface area contributed by atoms with E-state index in [9.17, 15) is 9.59 Å². The van der Waals surface area contributed by atoms with Crippen molar-refractivity contribution in [3.63, 3.8) is 0 Å². The number of thioether (sulfide) groups is 1. The molecule has 0 aliphatic carbocycles. The molecule has 0 unspecified atom stereocenters. The highest BCUT2D eigenvalue weighted by atomic mass is 35.5. The highest BCUT2D eigenvalue weighted by Crippen LogP contribution is 2.34. The summed E-state index contributed by atoms with van der Waals surface area (Å²) in [6.45, 7) is 0. The number of hydrogen-bond acceptors (Lipinski definition) is 6. The molecule has 1 aromatic carbocycles. The van der Waals surface area contributed by atoms with Crippen molar-refractivity contribution in [2.45, 2.75) is 5.03 Å². The summed E-state index contributed by atoms with van der Waals surface area (Å²) in [5, 5.41) is 1.12. The van der Waals surface area contributed by atoms with Gasteiger partial charge in [-0.15, -0.1) is 11.8 Å². The lowest BCUT2D eigenvalue weighted by atomic mass is 10.0. The normalized spacial score (nSPS) is 11.4. The van der Waals surface area contributed by atoms with Crippen molar-refractivity contribution >= 4 is 52.9 Å². The van der Waals surface area contributed by atoms with Crippen LogP contribution in [0.5, 0.6) is 0 Å². The predicted molar refractivity (Wildman–Crippen MR) is 96.0 cm³/mol. The molecule has 9 heteroatoms. The Balaban J connectivity index is 2.82. The van der Waals surface area contributed by atoms with Gasteiger partial charge >= 0.3 is 0 Å². The first-order valence-corrected chi connectivity index (χ1v) is 8.49. The van der Waals surface area contributed by atoms with Crippen LogP contribution in [0.15, 0.2) is 29.3 Å². The Morgan fingerprint density at radius 3 is 2.46 bits per heavy atom. The van der Waals surface area contributed by atoms with Gasteiger partial charge in [-0.25, -0.2) is 9.97 Å². The van der Waals surface area contributed by atoms with Gasteiger partial charge in [0, 0.05) is 17.3 Å². The van der Waals surface area contributed by atoms with Gasteiger partial charge in [-0.2, -0.15) is 0 Å². The molecule has 24 heavy (non-hydrogen) atoms. The summed E-state index contributed by atoms with van der Waals surface area (Å²) in [7, 11) is 0. The number of hydrogen-bond donors (Lipinski definition) is 2. The van der Waals surface area contributed by atoms with E-state index >= 15 is 0 Å². The molecule has 0 aliphatic rings. The van der Waals surface area contributed by atoms with E-state index in [0.29, 0.717) is 38.2 Å². The molecule has 6 nitrogen and oxygen atoms in total. The molecule has 0 spiro atoms. The molecule has 2 aromatic rings. The molecule has 0 aliphatic heterocycles. The molecule has 124 valence electrons. The van der Waals surface area contributed by atoms with E-state index in [1.54, 1.807) is 24.5 Å². The van der Waals surface area contributed by atoms with Gasteiger partial charge in [-0.05, 0) is 18.4 Å². The summed E-state index contributed by atoms with van der Waals surface area (Å²) in [6, 6.07) is 4.86. The van der Waals surface area contributed by atoms with Crippen LogP contribution in [0.1, 0.15) is 16.2 Å². The Morgan fingerprint density at radius 1 is 1.21 bits per heavy atom. The number of primary amides is 1. The third-order valence-electron chi connectivity index (χ3n) is 2.97. The minimum Gasteiger partial charge on any atom is -0.398 e. The second-order valence-electron chi connectivity index (χ2n) is 4.56. The number of halogens is 2. The zero-order chi connectivity index (χ0) is 17.9. The first-order chi connectivity index (χ1) is 11.4. The van der Waals surface area contributed by atoms with E-state index in [0.717, 1.165) is 6.08 Å². The number of nitrogens with two attached hydrogens (primary N) is 2. The molecule has 2 rings (SSSR count). The average Bonchev–Trinajstić information content (AvgIpc) is 2.55. The van der Waals surface area contributed by atoms with Crippen molar-refractivity contribution in [2.75, 3.05) is 6.26 Å². The molecule has 0 radical (unpaired) electrons. The number of benzene rings is 1. The van der Waals surface area contributed by atoms with Crippen molar-refractivity contribution < 1.29 is 9.59 Å². The molecule has 4 N–H and O–H groups in total.